The van der Waals surface area contributed by atoms with Gasteiger partial charge in [0.15, 0.2) is 0 Å². The molecule has 4 heteroatoms. The van der Waals surface area contributed by atoms with E-state index in [1.54, 1.807) is 37.3 Å². The van der Waals surface area contributed by atoms with E-state index in [0.717, 1.165) is 11.1 Å². The monoisotopic (exact) mass is 280 g/mol. The van der Waals surface area contributed by atoms with Crippen LogP contribution >= 0.6 is 11.6 Å². The minimum Gasteiger partial charge on any atom is -0.489 e. The second-order valence-electron chi connectivity index (χ2n) is 4.27. The standard InChI is InChI=1S/C15H14ClFO2/c1-10(18)11-3-6-14(7-4-11)19-9-12-2-5-13(17)8-15(12)16/h2-8,10,18H,9H2,1H3/t10-/m1/s1. The van der Waals surface area contributed by atoms with E-state index in [0.29, 0.717) is 10.8 Å². The van der Waals surface area contributed by atoms with Crippen molar-refractivity contribution in [3.8, 4) is 5.75 Å². The Balaban J connectivity index is 2.02. The molecule has 0 saturated heterocycles. The highest BCUT2D eigenvalue weighted by molar-refractivity contribution is 6.31. The minimum atomic E-state index is -0.499. The van der Waals surface area contributed by atoms with Gasteiger partial charge in [-0.25, -0.2) is 4.39 Å². The summed E-state index contributed by atoms with van der Waals surface area (Å²) in [5.74, 6) is 0.305. The summed E-state index contributed by atoms with van der Waals surface area (Å²) >= 11 is 5.91. The third-order valence-electron chi connectivity index (χ3n) is 2.77. The van der Waals surface area contributed by atoms with E-state index in [9.17, 15) is 9.50 Å². The fourth-order valence-corrected chi connectivity index (χ4v) is 1.86. The number of rotatable bonds is 4. The molecule has 0 bridgehead atoms. The SMILES string of the molecule is C[C@@H](O)c1ccc(OCc2ccc(F)cc2Cl)cc1. The first-order chi connectivity index (χ1) is 9.06. The third kappa shape index (κ3) is 3.69. The van der Waals surface area contributed by atoms with Gasteiger partial charge in [-0.2, -0.15) is 0 Å². The molecule has 1 N–H and O–H groups in total. The summed E-state index contributed by atoms with van der Waals surface area (Å²) in [5, 5.41) is 9.74. The van der Waals surface area contributed by atoms with Crippen molar-refractivity contribution in [1.29, 1.82) is 0 Å². The molecule has 0 aliphatic carbocycles. The van der Waals surface area contributed by atoms with Gasteiger partial charge in [-0.05, 0) is 36.8 Å². The molecule has 2 aromatic carbocycles. The van der Waals surface area contributed by atoms with Crippen LogP contribution in [0.4, 0.5) is 4.39 Å². The summed E-state index contributed by atoms with van der Waals surface area (Å²) < 4.78 is 18.4. The molecule has 0 amide bonds. The molecule has 2 nitrogen and oxygen atoms in total. The number of ether oxygens (including phenoxy) is 1. The van der Waals surface area contributed by atoms with E-state index in [2.05, 4.69) is 0 Å². The summed E-state index contributed by atoms with van der Waals surface area (Å²) in [6.45, 7) is 1.97. The minimum absolute atomic E-state index is 0.271. The number of benzene rings is 2. The van der Waals surface area contributed by atoms with Gasteiger partial charge < -0.3 is 9.84 Å². The van der Waals surface area contributed by atoms with Gasteiger partial charge in [0.1, 0.15) is 18.2 Å². The Morgan fingerprint density at radius 3 is 2.47 bits per heavy atom. The van der Waals surface area contributed by atoms with Crippen LogP contribution in [0.1, 0.15) is 24.2 Å². The molecule has 19 heavy (non-hydrogen) atoms. The van der Waals surface area contributed by atoms with Gasteiger partial charge >= 0.3 is 0 Å². The van der Waals surface area contributed by atoms with E-state index in [4.69, 9.17) is 16.3 Å². The first kappa shape index (κ1) is 13.8. The van der Waals surface area contributed by atoms with Crippen LogP contribution in [0.2, 0.25) is 5.02 Å². The third-order valence-corrected chi connectivity index (χ3v) is 3.12. The molecule has 1 atom stereocenters. The zero-order valence-electron chi connectivity index (χ0n) is 10.4. The van der Waals surface area contributed by atoms with Crippen molar-refractivity contribution >= 4 is 11.6 Å². The number of hydrogen-bond donors (Lipinski definition) is 1. The maximum Gasteiger partial charge on any atom is 0.124 e. The van der Waals surface area contributed by atoms with E-state index in [-0.39, 0.29) is 12.4 Å². The van der Waals surface area contributed by atoms with Gasteiger partial charge in [0, 0.05) is 5.56 Å². The summed E-state index contributed by atoms with van der Waals surface area (Å²) in [6, 6.07) is 11.4. The van der Waals surface area contributed by atoms with E-state index >= 15 is 0 Å². The lowest BCUT2D eigenvalue weighted by atomic mass is 10.1. The van der Waals surface area contributed by atoms with Crippen LogP contribution in [0, 0.1) is 5.82 Å². The summed E-state index contributed by atoms with van der Waals surface area (Å²) in [6.07, 6.45) is -0.499. The molecule has 0 fully saturated rings. The lowest BCUT2D eigenvalue weighted by molar-refractivity contribution is 0.199. The lowest BCUT2D eigenvalue weighted by Crippen LogP contribution is -1.97. The Morgan fingerprint density at radius 2 is 1.89 bits per heavy atom. The Labute approximate surface area is 116 Å². The van der Waals surface area contributed by atoms with Crippen molar-refractivity contribution in [1.82, 2.24) is 0 Å². The molecule has 0 unspecified atom stereocenters. The van der Waals surface area contributed by atoms with Gasteiger partial charge in [0.2, 0.25) is 0 Å². The first-order valence-electron chi connectivity index (χ1n) is 5.91. The predicted molar refractivity (Wildman–Crippen MR) is 72.8 cm³/mol. The van der Waals surface area contributed by atoms with Crippen LogP contribution in [-0.4, -0.2) is 5.11 Å². The Morgan fingerprint density at radius 1 is 1.21 bits per heavy atom. The highest BCUT2D eigenvalue weighted by Crippen LogP contribution is 2.21. The van der Waals surface area contributed by atoms with Crippen molar-refractivity contribution in [2.75, 3.05) is 0 Å². The zero-order valence-corrected chi connectivity index (χ0v) is 11.2. The Hall–Kier alpha value is -1.58. The number of aliphatic hydroxyl groups is 1. The second-order valence-corrected chi connectivity index (χ2v) is 4.68. The molecule has 2 rings (SSSR count). The van der Waals surface area contributed by atoms with Gasteiger partial charge in [-0.1, -0.05) is 29.8 Å². The van der Waals surface area contributed by atoms with Crippen molar-refractivity contribution in [3.05, 3.63) is 64.4 Å². The highest BCUT2D eigenvalue weighted by Gasteiger charge is 2.04. The van der Waals surface area contributed by atoms with Gasteiger partial charge in [-0.3, -0.25) is 0 Å². The van der Waals surface area contributed by atoms with Crippen LogP contribution < -0.4 is 4.74 Å². The lowest BCUT2D eigenvalue weighted by Gasteiger charge is -2.09. The van der Waals surface area contributed by atoms with Crippen LogP contribution in [0.5, 0.6) is 5.75 Å². The average molecular weight is 281 g/mol. The number of hydrogen-bond acceptors (Lipinski definition) is 2. The molecule has 0 heterocycles. The molecule has 0 spiro atoms. The molecule has 0 aromatic heterocycles. The highest BCUT2D eigenvalue weighted by atomic mass is 35.5. The van der Waals surface area contributed by atoms with Crippen molar-refractivity contribution in [2.24, 2.45) is 0 Å². The number of halogens is 2. The predicted octanol–water partition coefficient (Wildman–Crippen LogP) is 4.11. The van der Waals surface area contributed by atoms with E-state index in [1.165, 1.54) is 12.1 Å². The Kier molecular flexibility index (Phi) is 4.40. The van der Waals surface area contributed by atoms with Crippen LogP contribution in [0.15, 0.2) is 42.5 Å². The number of aliphatic hydroxyl groups excluding tert-OH is 1. The van der Waals surface area contributed by atoms with Gasteiger partial charge in [0.05, 0.1) is 11.1 Å². The summed E-state index contributed by atoms with van der Waals surface area (Å²) in [7, 11) is 0. The Bertz CT molecular complexity index is 553. The quantitative estimate of drug-likeness (QED) is 0.913. The van der Waals surface area contributed by atoms with Gasteiger partial charge in [-0.15, -0.1) is 0 Å². The van der Waals surface area contributed by atoms with Crippen molar-refractivity contribution in [3.63, 3.8) is 0 Å². The second kappa shape index (κ2) is 6.04. The maximum absolute atomic E-state index is 12.9. The molecule has 0 saturated carbocycles. The largest absolute Gasteiger partial charge is 0.489 e. The fourth-order valence-electron chi connectivity index (χ4n) is 1.64. The molecule has 0 aliphatic heterocycles. The molecule has 2 aromatic rings. The van der Waals surface area contributed by atoms with E-state index < -0.39 is 6.10 Å². The molecular formula is C15H14ClFO2. The smallest absolute Gasteiger partial charge is 0.124 e. The zero-order chi connectivity index (χ0) is 13.8. The van der Waals surface area contributed by atoms with Crippen molar-refractivity contribution < 1.29 is 14.2 Å². The van der Waals surface area contributed by atoms with E-state index in [1.807, 2.05) is 0 Å². The maximum atomic E-state index is 12.9. The van der Waals surface area contributed by atoms with Gasteiger partial charge in [0.25, 0.3) is 0 Å². The van der Waals surface area contributed by atoms with Crippen LogP contribution in [0.3, 0.4) is 0 Å². The fraction of sp³-hybridized carbons (Fsp3) is 0.200. The molecule has 100 valence electrons. The molecular weight excluding hydrogens is 267 g/mol. The summed E-state index contributed by atoms with van der Waals surface area (Å²) in [4.78, 5) is 0. The average Bonchev–Trinajstić information content (AvgIpc) is 2.38. The first-order valence-corrected chi connectivity index (χ1v) is 6.29. The van der Waals surface area contributed by atoms with Crippen molar-refractivity contribution in [2.45, 2.75) is 19.6 Å². The normalized spacial score (nSPS) is 12.2. The van der Waals surface area contributed by atoms with Crippen LogP contribution in [0.25, 0.3) is 0 Å². The topological polar surface area (TPSA) is 29.5 Å². The molecule has 0 aliphatic rings. The van der Waals surface area contributed by atoms with Crippen LogP contribution in [-0.2, 0) is 6.61 Å². The summed E-state index contributed by atoms with van der Waals surface area (Å²) in [5.41, 5.74) is 1.55. The molecule has 0 radical (unpaired) electrons.